The summed E-state index contributed by atoms with van der Waals surface area (Å²) < 4.78 is 0. The number of allylic oxidation sites excluding steroid dienone is 1. The van der Waals surface area contributed by atoms with Crippen LogP contribution in [0.3, 0.4) is 0 Å². The molecule has 0 fully saturated rings. The molecule has 4 heteroatoms. The van der Waals surface area contributed by atoms with Crippen molar-refractivity contribution in [3.8, 4) is 0 Å². The summed E-state index contributed by atoms with van der Waals surface area (Å²) in [6, 6.07) is 0. The SMILES string of the molecule is CSc1ncc(C=CC=O)cn1. The Morgan fingerprint density at radius 3 is 2.58 bits per heavy atom. The normalized spacial score (nSPS) is 10.4. The number of aldehydes is 1. The number of rotatable bonds is 3. The Labute approximate surface area is 74.9 Å². The second-order valence-corrected chi connectivity index (χ2v) is 2.77. The van der Waals surface area contributed by atoms with E-state index in [0.29, 0.717) is 0 Å². The summed E-state index contributed by atoms with van der Waals surface area (Å²) in [7, 11) is 0. The minimum Gasteiger partial charge on any atom is -0.299 e. The molecule has 12 heavy (non-hydrogen) atoms. The highest BCUT2D eigenvalue weighted by atomic mass is 32.2. The summed E-state index contributed by atoms with van der Waals surface area (Å²) in [6.45, 7) is 0. The van der Waals surface area contributed by atoms with Crippen molar-refractivity contribution < 1.29 is 4.79 Å². The quantitative estimate of drug-likeness (QED) is 0.305. The van der Waals surface area contributed by atoms with Gasteiger partial charge in [-0.1, -0.05) is 11.8 Å². The van der Waals surface area contributed by atoms with E-state index in [1.807, 2.05) is 6.26 Å². The molecular weight excluding hydrogens is 172 g/mol. The van der Waals surface area contributed by atoms with Crippen molar-refractivity contribution in [2.75, 3.05) is 6.26 Å². The number of carbonyl (C=O) groups excluding carboxylic acids is 1. The van der Waals surface area contributed by atoms with Gasteiger partial charge in [0.05, 0.1) is 0 Å². The fourth-order valence-corrected chi connectivity index (χ4v) is 0.984. The molecule has 0 spiro atoms. The Bertz CT molecular complexity index is 282. The van der Waals surface area contributed by atoms with Crippen LogP contribution in [0.5, 0.6) is 0 Å². The maximum atomic E-state index is 9.97. The average Bonchev–Trinajstić information content (AvgIpc) is 2.15. The summed E-state index contributed by atoms with van der Waals surface area (Å²) in [5, 5.41) is 0.734. The van der Waals surface area contributed by atoms with E-state index >= 15 is 0 Å². The number of hydrogen-bond acceptors (Lipinski definition) is 4. The van der Waals surface area contributed by atoms with Crippen LogP contribution >= 0.6 is 11.8 Å². The lowest BCUT2D eigenvalue weighted by Crippen LogP contribution is -1.84. The van der Waals surface area contributed by atoms with E-state index in [4.69, 9.17) is 0 Å². The molecule has 0 bridgehead atoms. The first-order chi connectivity index (χ1) is 5.86. The van der Waals surface area contributed by atoms with Crippen LogP contribution in [-0.4, -0.2) is 22.5 Å². The summed E-state index contributed by atoms with van der Waals surface area (Å²) >= 11 is 1.49. The molecule has 1 rings (SSSR count). The number of aromatic nitrogens is 2. The third-order valence-corrected chi connectivity index (χ3v) is 1.77. The predicted octanol–water partition coefficient (Wildman–Crippen LogP) is 1.41. The van der Waals surface area contributed by atoms with Gasteiger partial charge in [-0.2, -0.15) is 0 Å². The fraction of sp³-hybridized carbons (Fsp3) is 0.125. The molecule has 3 nitrogen and oxygen atoms in total. The summed E-state index contributed by atoms with van der Waals surface area (Å²) in [5.41, 5.74) is 0.833. The molecule has 1 aromatic rings. The van der Waals surface area contributed by atoms with E-state index < -0.39 is 0 Å². The molecule has 62 valence electrons. The highest BCUT2D eigenvalue weighted by molar-refractivity contribution is 7.98. The predicted molar refractivity (Wildman–Crippen MR) is 48.9 cm³/mol. The molecule has 0 aliphatic rings. The van der Waals surface area contributed by atoms with Gasteiger partial charge in [0.15, 0.2) is 5.16 Å². The molecule has 0 amide bonds. The Hall–Kier alpha value is -1.16. The first-order valence-corrected chi connectivity index (χ1v) is 4.57. The minimum atomic E-state index is 0.725. The standard InChI is InChI=1S/C8H8N2OS/c1-12-8-9-5-7(6-10-8)3-2-4-11/h2-6H,1H3. The van der Waals surface area contributed by atoms with Crippen LogP contribution in [0, 0.1) is 0 Å². The molecule has 0 atom stereocenters. The van der Waals surface area contributed by atoms with Gasteiger partial charge in [0.25, 0.3) is 0 Å². The fourth-order valence-electron chi connectivity index (χ4n) is 0.668. The van der Waals surface area contributed by atoms with Gasteiger partial charge in [-0.25, -0.2) is 9.97 Å². The molecule has 0 N–H and O–H groups in total. The maximum Gasteiger partial charge on any atom is 0.187 e. The van der Waals surface area contributed by atoms with Crippen LogP contribution < -0.4 is 0 Å². The van der Waals surface area contributed by atoms with Crippen LogP contribution in [-0.2, 0) is 4.79 Å². The minimum absolute atomic E-state index is 0.725. The number of carbonyl (C=O) groups is 1. The monoisotopic (exact) mass is 180 g/mol. The molecule has 0 unspecified atom stereocenters. The summed E-state index contributed by atoms with van der Waals surface area (Å²) in [6.07, 6.45) is 9.07. The largest absolute Gasteiger partial charge is 0.299 e. The second-order valence-electron chi connectivity index (χ2n) is 2.00. The maximum absolute atomic E-state index is 9.97. The Kier molecular flexibility index (Phi) is 3.47. The van der Waals surface area contributed by atoms with Crippen molar-refractivity contribution in [2.24, 2.45) is 0 Å². The van der Waals surface area contributed by atoms with Crippen LogP contribution in [0.15, 0.2) is 23.6 Å². The third-order valence-electron chi connectivity index (χ3n) is 1.20. The molecule has 0 aromatic carbocycles. The van der Waals surface area contributed by atoms with E-state index in [-0.39, 0.29) is 0 Å². The molecule has 0 saturated heterocycles. The number of nitrogens with zero attached hydrogens (tertiary/aromatic N) is 2. The molecular formula is C8H8N2OS. The van der Waals surface area contributed by atoms with Crippen LogP contribution in [0.2, 0.25) is 0 Å². The first-order valence-electron chi connectivity index (χ1n) is 3.34. The third kappa shape index (κ3) is 2.47. The Balaban J connectivity index is 2.77. The van der Waals surface area contributed by atoms with Crippen LogP contribution in [0.1, 0.15) is 5.56 Å². The molecule has 0 aliphatic carbocycles. The van der Waals surface area contributed by atoms with Gasteiger partial charge in [-0.3, -0.25) is 4.79 Å². The van der Waals surface area contributed by atoms with Crippen molar-refractivity contribution in [3.63, 3.8) is 0 Å². The lowest BCUT2D eigenvalue weighted by atomic mass is 10.3. The molecule has 1 aromatic heterocycles. The highest BCUT2D eigenvalue weighted by Gasteiger charge is 1.91. The first kappa shape index (κ1) is 8.93. The smallest absolute Gasteiger partial charge is 0.187 e. The number of thioether (sulfide) groups is 1. The summed E-state index contributed by atoms with van der Waals surface area (Å²) in [4.78, 5) is 18.0. The van der Waals surface area contributed by atoms with Crippen molar-refractivity contribution in [1.29, 1.82) is 0 Å². The number of hydrogen-bond donors (Lipinski definition) is 0. The van der Waals surface area contributed by atoms with E-state index in [9.17, 15) is 4.79 Å². The topological polar surface area (TPSA) is 42.9 Å². The average molecular weight is 180 g/mol. The van der Waals surface area contributed by atoms with Crippen LogP contribution in [0.25, 0.3) is 6.08 Å². The van der Waals surface area contributed by atoms with Crippen molar-refractivity contribution in [3.05, 3.63) is 24.0 Å². The zero-order valence-electron chi connectivity index (χ0n) is 6.60. The lowest BCUT2D eigenvalue weighted by Gasteiger charge is -1.93. The second kappa shape index (κ2) is 4.66. The van der Waals surface area contributed by atoms with Gasteiger partial charge >= 0.3 is 0 Å². The van der Waals surface area contributed by atoms with E-state index in [1.165, 1.54) is 17.8 Å². The molecule has 0 radical (unpaired) electrons. The molecule has 0 aliphatic heterocycles. The van der Waals surface area contributed by atoms with E-state index in [1.54, 1.807) is 18.5 Å². The van der Waals surface area contributed by atoms with Crippen molar-refractivity contribution >= 4 is 24.1 Å². The Morgan fingerprint density at radius 2 is 2.08 bits per heavy atom. The van der Waals surface area contributed by atoms with Gasteiger partial charge in [0, 0.05) is 18.0 Å². The van der Waals surface area contributed by atoms with Crippen LogP contribution in [0.4, 0.5) is 0 Å². The van der Waals surface area contributed by atoms with Crippen molar-refractivity contribution in [1.82, 2.24) is 9.97 Å². The van der Waals surface area contributed by atoms with Gasteiger partial charge < -0.3 is 0 Å². The van der Waals surface area contributed by atoms with Gasteiger partial charge in [0.2, 0.25) is 0 Å². The summed E-state index contributed by atoms with van der Waals surface area (Å²) in [5.74, 6) is 0. The van der Waals surface area contributed by atoms with Gasteiger partial charge in [-0.05, 0) is 18.4 Å². The highest BCUT2D eigenvalue weighted by Crippen LogP contribution is 2.07. The van der Waals surface area contributed by atoms with Gasteiger partial charge in [0.1, 0.15) is 6.29 Å². The zero-order chi connectivity index (χ0) is 8.81. The molecule has 1 heterocycles. The van der Waals surface area contributed by atoms with E-state index in [2.05, 4.69) is 9.97 Å². The molecule has 0 saturated carbocycles. The van der Waals surface area contributed by atoms with Gasteiger partial charge in [-0.15, -0.1) is 0 Å². The lowest BCUT2D eigenvalue weighted by molar-refractivity contribution is -0.104. The van der Waals surface area contributed by atoms with Crippen molar-refractivity contribution in [2.45, 2.75) is 5.16 Å². The zero-order valence-corrected chi connectivity index (χ0v) is 7.41. The van der Waals surface area contributed by atoms with E-state index in [0.717, 1.165) is 17.0 Å². The Morgan fingerprint density at radius 1 is 1.42 bits per heavy atom.